The van der Waals surface area contributed by atoms with Crippen LogP contribution >= 0.6 is 27.7 Å². The van der Waals surface area contributed by atoms with Crippen LogP contribution in [-0.2, 0) is 10.5 Å². The summed E-state index contributed by atoms with van der Waals surface area (Å²) in [6.07, 6.45) is 0.321. The van der Waals surface area contributed by atoms with E-state index in [9.17, 15) is 9.18 Å². The molecule has 1 aromatic rings. The molecule has 0 spiro atoms. The van der Waals surface area contributed by atoms with Gasteiger partial charge in [0.25, 0.3) is 0 Å². The molecule has 15 heavy (non-hydrogen) atoms. The summed E-state index contributed by atoms with van der Waals surface area (Å²) in [7, 11) is 0. The lowest BCUT2D eigenvalue weighted by Crippen LogP contribution is -2.16. The van der Waals surface area contributed by atoms with Gasteiger partial charge in [0.05, 0.1) is 0 Å². The predicted molar refractivity (Wildman–Crippen MR) is 65.1 cm³/mol. The zero-order valence-corrected chi connectivity index (χ0v) is 11.0. The van der Waals surface area contributed by atoms with Gasteiger partial charge in [-0.15, -0.1) is 11.8 Å². The lowest BCUT2D eigenvalue weighted by Gasteiger charge is -2.14. The summed E-state index contributed by atoms with van der Waals surface area (Å²) < 4.78 is 14.5. The van der Waals surface area contributed by atoms with Gasteiger partial charge in [0, 0.05) is 9.37 Å². The maximum atomic E-state index is 13.7. The smallest absolute Gasteiger partial charge is 0.188 e. The Labute approximate surface area is 102 Å². The van der Waals surface area contributed by atoms with E-state index in [4.69, 9.17) is 0 Å². The van der Waals surface area contributed by atoms with E-state index in [2.05, 4.69) is 22.9 Å². The minimum atomic E-state index is -1.90. The third-order valence-electron chi connectivity index (χ3n) is 2.02. The van der Waals surface area contributed by atoms with E-state index in [0.717, 1.165) is 15.1 Å². The highest BCUT2D eigenvalue weighted by Crippen LogP contribution is 2.32. The number of thioether (sulfide) groups is 1. The predicted octanol–water partition coefficient (Wildman–Crippen LogP) is 3.94. The van der Waals surface area contributed by atoms with Crippen LogP contribution in [0.5, 0.6) is 0 Å². The quantitative estimate of drug-likeness (QED) is 0.617. The molecule has 1 nitrogen and oxygen atoms in total. The summed E-state index contributed by atoms with van der Waals surface area (Å²) in [5.41, 5.74) is -1.53. The Kier molecular flexibility index (Phi) is 4.34. The van der Waals surface area contributed by atoms with Gasteiger partial charge in [-0.1, -0.05) is 13.0 Å². The molecular weight excluding hydrogens is 279 g/mol. The molecule has 0 heterocycles. The van der Waals surface area contributed by atoms with Crippen molar-refractivity contribution < 1.29 is 9.18 Å². The van der Waals surface area contributed by atoms with Crippen LogP contribution in [0.3, 0.4) is 0 Å². The van der Waals surface area contributed by atoms with Gasteiger partial charge in [-0.05, 0) is 46.3 Å². The first-order chi connectivity index (χ1) is 7.01. The third kappa shape index (κ3) is 3.05. The molecule has 0 amide bonds. The number of rotatable bonds is 4. The molecular formula is C11H12BrFOS. The van der Waals surface area contributed by atoms with Crippen LogP contribution in [0.15, 0.2) is 27.6 Å². The van der Waals surface area contributed by atoms with Crippen LogP contribution in [0, 0.1) is 0 Å². The zero-order chi connectivity index (χ0) is 11.5. The first kappa shape index (κ1) is 12.7. The van der Waals surface area contributed by atoms with Crippen LogP contribution in [0.1, 0.15) is 19.4 Å². The van der Waals surface area contributed by atoms with Crippen LogP contribution in [0.25, 0.3) is 0 Å². The maximum absolute atomic E-state index is 13.7. The van der Waals surface area contributed by atoms with Gasteiger partial charge in [0.15, 0.2) is 12.0 Å². The van der Waals surface area contributed by atoms with Crippen molar-refractivity contribution in [1.82, 2.24) is 0 Å². The molecule has 1 atom stereocenters. The summed E-state index contributed by atoms with van der Waals surface area (Å²) >= 11 is 5.04. The molecule has 1 unspecified atom stereocenters. The third-order valence-corrected chi connectivity index (χ3v) is 3.89. The van der Waals surface area contributed by atoms with E-state index in [-0.39, 0.29) is 0 Å². The normalized spacial score (nSPS) is 14.7. The average Bonchev–Trinajstić information content (AvgIpc) is 2.21. The summed E-state index contributed by atoms with van der Waals surface area (Å²) in [6, 6.07) is 5.14. The molecule has 82 valence electrons. The van der Waals surface area contributed by atoms with Crippen molar-refractivity contribution in [3.8, 4) is 0 Å². The Balaban J connectivity index is 3.06. The van der Waals surface area contributed by atoms with E-state index in [1.165, 1.54) is 6.92 Å². The first-order valence-electron chi connectivity index (χ1n) is 4.59. The molecule has 0 fully saturated rings. The molecule has 0 aliphatic heterocycles. The van der Waals surface area contributed by atoms with Crippen molar-refractivity contribution in [2.24, 2.45) is 0 Å². The molecule has 1 aromatic carbocycles. The Morgan fingerprint density at radius 2 is 2.27 bits per heavy atom. The Bertz CT molecular complexity index is 366. The van der Waals surface area contributed by atoms with Crippen LogP contribution in [0.2, 0.25) is 0 Å². The fraction of sp³-hybridized carbons (Fsp3) is 0.364. The molecule has 0 aromatic heterocycles. The summed E-state index contributed by atoms with van der Waals surface area (Å²) in [4.78, 5) is 11.6. The van der Waals surface area contributed by atoms with Gasteiger partial charge in [0.2, 0.25) is 0 Å². The highest BCUT2D eigenvalue weighted by Gasteiger charge is 2.25. The maximum Gasteiger partial charge on any atom is 0.188 e. The van der Waals surface area contributed by atoms with Crippen LogP contribution < -0.4 is 0 Å². The number of benzene rings is 1. The Morgan fingerprint density at radius 3 is 2.73 bits per heavy atom. The number of aldehydes is 1. The molecule has 0 aliphatic carbocycles. The SMILES string of the molecule is CCSc1ccc(C(C)(F)C=O)cc1Br. The zero-order valence-electron chi connectivity index (χ0n) is 8.59. The minimum absolute atomic E-state index is 0.321. The van der Waals surface area contributed by atoms with E-state index in [1.807, 2.05) is 6.07 Å². The highest BCUT2D eigenvalue weighted by molar-refractivity contribution is 9.10. The second-order valence-corrected chi connectivity index (χ2v) is 5.43. The molecule has 0 N–H and O–H groups in total. The molecule has 0 radical (unpaired) electrons. The fourth-order valence-electron chi connectivity index (χ4n) is 1.15. The van der Waals surface area contributed by atoms with E-state index >= 15 is 0 Å². The molecule has 0 saturated heterocycles. The van der Waals surface area contributed by atoms with Gasteiger partial charge in [-0.3, -0.25) is 4.79 Å². The van der Waals surface area contributed by atoms with Crippen molar-refractivity contribution in [3.05, 3.63) is 28.2 Å². The van der Waals surface area contributed by atoms with Crippen molar-refractivity contribution >= 4 is 34.0 Å². The number of carbonyl (C=O) groups is 1. The van der Waals surface area contributed by atoms with Gasteiger partial charge in [0.1, 0.15) is 0 Å². The monoisotopic (exact) mass is 290 g/mol. The number of alkyl halides is 1. The molecule has 4 heteroatoms. The van der Waals surface area contributed by atoms with E-state index < -0.39 is 5.67 Å². The number of hydrogen-bond acceptors (Lipinski definition) is 2. The molecule has 0 bridgehead atoms. The van der Waals surface area contributed by atoms with E-state index in [0.29, 0.717) is 11.8 Å². The first-order valence-corrected chi connectivity index (χ1v) is 6.37. The van der Waals surface area contributed by atoms with Crippen LogP contribution in [-0.4, -0.2) is 12.0 Å². The molecule has 0 aliphatic rings. The largest absolute Gasteiger partial charge is 0.299 e. The summed E-state index contributed by atoms with van der Waals surface area (Å²) in [6.45, 7) is 3.31. The van der Waals surface area contributed by atoms with Gasteiger partial charge in [-0.2, -0.15) is 0 Å². The topological polar surface area (TPSA) is 17.1 Å². The second kappa shape index (κ2) is 5.12. The Hall–Kier alpha value is -0.350. The second-order valence-electron chi connectivity index (χ2n) is 3.27. The molecule has 1 rings (SSSR count). The average molecular weight is 291 g/mol. The summed E-state index contributed by atoms with van der Waals surface area (Å²) in [5, 5.41) is 0. The van der Waals surface area contributed by atoms with Crippen LogP contribution in [0.4, 0.5) is 4.39 Å². The Morgan fingerprint density at radius 1 is 1.60 bits per heavy atom. The van der Waals surface area contributed by atoms with Crippen molar-refractivity contribution in [2.45, 2.75) is 24.4 Å². The van der Waals surface area contributed by atoms with Gasteiger partial charge in [-0.25, -0.2) is 4.39 Å². The standard InChI is InChI=1S/C11H12BrFOS/c1-3-15-10-5-4-8(6-9(10)12)11(2,13)7-14/h4-7H,3H2,1-2H3. The van der Waals surface area contributed by atoms with Crippen molar-refractivity contribution in [3.63, 3.8) is 0 Å². The van der Waals surface area contributed by atoms with E-state index in [1.54, 1.807) is 23.9 Å². The summed E-state index contributed by atoms with van der Waals surface area (Å²) in [5.74, 6) is 0.957. The minimum Gasteiger partial charge on any atom is -0.299 e. The van der Waals surface area contributed by atoms with Gasteiger partial charge < -0.3 is 0 Å². The number of hydrogen-bond donors (Lipinski definition) is 0. The fourth-order valence-corrected chi connectivity index (χ4v) is 2.54. The van der Waals surface area contributed by atoms with Crippen molar-refractivity contribution in [1.29, 1.82) is 0 Å². The van der Waals surface area contributed by atoms with Gasteiger partial charge >= 0.3 is 0 Å². The lowest BCUT2D eigenvalue weighted by molar-refractivity contribution is -0.117. The van der Waals surface area contributed by atoms with Crippen molar-refractivity contribution in [2.75, 3.05) is 5.75 Å². The molecule has 0 saturated carbocycles. The number of halogens is 2. The number of carbonyl (C=O) groups excluding carboxylic acids is 1. The lowest BCUT2D eigenvalue weighted by atomic mass is 10.0. The highest BCUT2D eigenvalue weighted by atomic mass is 79.9.